The Hall–Kier alpha value is -3.41. The number of alkyl halides is 2. The van der Waals surface area contributed by atoms with Crippen LogP contribution < -0.4 is 9.47 Å². The van der Waals surface area contributed by atoms with Crippen molar-refractivity contribution >= 4 is 29.2 Å². The van der Waals surface area contributed by atoms with Gasteiger partial charge >= 0.3 is 5.97 Å². The number of amides is 1. The van der Waals surface area contributed by atoms with Crippen LogP contribution in [-0.2, 0) is 29.8 Å². The van der Waals surface area contributed by atoms with Crippen LogP contribution in [0.4, 0.5) is 8.78 Å². The van der Waals surface area contributed by atoms with Crippen LogP contribution in [0.5, 0.6) is 11.6 Å². The SMILES string of the molecule is CC[C@@H]1[C@@H]2CN(C(=O)[C@H](C3(C)COC3)CC(=O)O[C@@H]3CC4CC4[C@H]3CCCCC(F)(F)c3nc4ccc(OC)cc4nc3O2)[C@@H]1C=O. The average Bonchev–Trinajstić information content (AvgIpc) is 3.59. The zero-order valence-electron chi connectivity index (χ0n) is 27.2. The highest BCUT2D eigenvalue weighted by molar-refractivity contribution is 5.87. The molecule has 3 aliphatic heterocycles. The Morgan fingerprint density at radius 1 is 1.06 bits per heavy atom. The van der Waals surface area contributed by atoms with Gasteiger partial charge in [-0.25, -0.2) is 9.97 Å². The number of fused-ring (bicyclic) bond motifs is 7. The Bertz CT molecular complexity index is 1550. The number of carbonyl (C=O) groups excluding carboxylic acids is 3. The van der Waals surface area contributed by atoms with Crippen molar-refractivity contribution in [3.63, 3.8) is 0 Å². The van der Waals surface area contributed by atoms with Crippen molar-refractivity contribution in [2.45, 2.75) is 89.4 Å². The molecule has 8 atom stereocenters. The number of esters is 1. The molecule has 1 amide bonds. The molecule has 12 heteroatoms. The van der Waals surface area contributed by atoms with E-state index in [0.717, 1.165) is 19.1 Å². The monoisotopic (exact) mass is 655 g/mol. The zero-order valence-corrected chi connectivity index (χ0v) is 27.2. The molecule has 0 N–H and O–H groups in total. The van der Waals surface area contributed by atoms with Crippen LogP contribution in [0.2, 0.25) is 0 Å². The first-order chi connectivity index (χ1) is 22.5. The Labute approximate surface area is 272 Å². The van der Waals surface area contributed by atoms with E-state index in [2.05, 4.69) is 9.97 Å². The Morgan fingerprint density at radius 3 is 2.57 bits per heavy atom. The van der Waals surface area contributed by atoms with E-state index in [1.807, 2.05) is 13.8 Å². The lowest BCUT2D eigenvalue weighted by molar-refractivity contribution is -0.176. The molecule has 4 heterocycles. The predicted octanol–water partition coefficient (Wildman–Crippen LogP) is 5.10. The molecule has 4 fully saturated rings. The van der Waals surface area contributed by atoms with Crippen LogP contribution in [0.1, 0.15) is 70.9 Å². The molecule has 7 rings (SSSR count). The molecule has 1 aromatic heterocycles. The molecule has 0 radical (unpaired) electrons. The summed E-state index contributed by atoms with van der Waals surface area (Å²) in [5.74, 6) is -4.18. The molecule has 254 valence electrons. The highest BCUT2D eigenvalue weighted by Crippen LogP contribution is 2.58. The Balaban J connectivity index is 1.28. The minimum Gasteiger partial charge on any atom is -0.497 e. The summed E-state index contributed by atoms with van der Waals surface area (Å²) < 4.78 is 55.5. The van der Waals surface area contributed by atoms with Crippen LogP contribution in [0, 0.1) is 35.0 Å². The van der Waals surface area contributed by atoms with E-state index in [-0.39, 0.29) is 48.7 Å². The van der Waals surface area contributed by atoms with E-state index in [1.165, 1.54) is 12.0 Å². The van der Waals surface area contributed by atoms with E-state index in [1.54, 1.807) is 18.2 Å². The molecule has 10 nitrogen and oxygen atoms in total. The van der Waals surface area contributed by atoms with Crippen LogP contribution in [-0.4, -0.2) is 78.1 Å². The van der Waals surface area contributed by atoms with E-state index in [4.69, 9.17) is 18.9 Å². The molecule has 2 aromatic rings. The smallest absolute Gasteiger partial charge is 0.306 e. The van der Waals surface area contributed by atoms with Crippen molar-refractivity contribution in [2.75, 3.05) is 26.9 Å². The number of rotatable bonds is 4. The number of hydrogen-bond acceptors (Lipinski definition) is 9. The summed E-state index contributed by atoms with van der Waals surface area (Å²) in [6.45, 7) is 4.36. The fourth-order valence-corrected chi connectivity index (χ4v) is 8.59. The standard InChI is InChI=1S/C35H43F2N3O7/c1-4-21-27(16-41)40-15-29(21)47-32-31(38-25-9-8-20(44-3)13-26(25)39-32)35(36,37)10-6-5-7-22-23-11-19(23)12-28(22)46-30(42)14-24(33(40)43)34(2)17-45-18-34/h8-9,13,16,19,21-24,27-29H,4-7,10-12,14-15,17-18H2,1-3H3/t19?,21-,22+,23?,24+,27+,28+,29-/m0/s1. The van der Waals surface area contributed by atoms with E-state index < -0.39 is 53.4 Å². The summed E-state index contributed by atoms with van der Waals surface area (Å²) in [4.78, 5) is 50.9. The van der Waals surface area contributed by atoms with Gasteiger partial charge < -0.3 is 28.6 Å². The second-order valence-electron chi connectivity index (χ2n) is 14.5. The van der Waals surface area contributed by atoms with Crippen LogP contribution in [0.25, 0.3) is 11.0 Å². The van der Waals surface area contributed by atoms with Gasteiger partial charge in [0, 0.05) is 23.8 Å². The molecule has 5 aliphatic rings. The number of hydrogen-bond donors (Lipinski definition) is 0. The summed E-state index contributed by atoms with van der Waals surface area (Å²) in [7, 11) is 1.50. The number of aromatic nitrogens is 2. The summed E-state index contributed by atoms with van der Waals surface area (Å²) >= 11 is 0. The maximum Gasteiger partial charge on any atom is 0.306 e. The third kappa shape index (κ3) is 5.84. The third-order valence-corrected chi connectivity index (χ3v) is 11.5. The lowest BCUT2D eigenvalue weighted by Crippen LogP contribution is -2.54. The topological polar surface area (TPSA) is 117 Å². The summed E-state index contributed by atoms with van der Waals surface area (Å²) in [6.07, 6.45) is 2.84. The van der Waals surface area contributed by atoms with E-state index in [0.29, 0.717) is 55.6 Å². The van der Waals surface area contributed by atoms with Gasteiger partial charge in [0.25, 0.3) is 5.92 Å². The molecule has 2 saturated carbocycles. The van der Waals surface area contributed by atoms with E-state index >= 15 is 8.78 Å². The average molecular weight is 656 g/mol. The van der Waals surface area contributed by atoms with Crippen LogP contribution in [0.15, 0.2) is 18.2 Å². The largest absolute Gasteiger partial charge is 0.497 e. The summed E-state index contributed by atoms with van der Waals surface area (Å²) in [5.41, 5.74) is -0.550. The predicted molar refractivity (Wildman–Crippen MR) is 165 cm³/mol. The number of benzene rings is 1. The van der Waals surface area contributed by atoms with Crippen molar-refractivity contribution in [1.82, 2.24) is 14.9 Å². The molecule has 47 heavy (non-hydrogen) atoms. The molecule has 2 bridgehead atoms. The fourth-order valence-electron chi connectivity index (χ4n) is 8.59. The van der Waals surface area contributed by atoms with Gasteiger partial charge in [-0.2, -0.15) is 8.78 Å². The highest BCUT2D eigenvalue weighted by atomic mass is 19.3. The van der Waals surface area contributed by atoms with Gasteiger partial charge in [0.05, 0.1) is 56.3 Å². The van der Waals surface area contributed by atoms with Gasteiger partial charge in [-0.05, 0) is 62.0 Å². The lowest BCUT2D eigenvalue weighted by Gasteiger charge is -2.45. The van der Waals surface area contributed by atoms with Crippen LogP contribution >= 0.6 is 0 Å². The van der Waals surface area contributed by atoms with Crippen molar-refractivity contribution in [3.05, 3.63) is 23.9 Å². The maximum atomic E-state index is 16.2. The molecule has 2 saturated heterocycles. The summed E-state index contributed by atoms with van der Waals surface area (Å²) in [6, 6.07) is 3.98. The molecule has 2 aliphatic carbocycles. The molecular weight excluding hydrogens is 612 g/mol. The lowest BCUT2D eigenvalue weighted by atomic mass is 9.72. The van der Waals surface area contributed by atoms with Gasteiger partial charge in [-0.15, -0.1) is 0 Å². The number of halogens is 2. The molecule has 1 aromatic carbocycles. The van der Waals surface area contributed by atoms with Crippen molar-refractivity contribution in [3.8, 4) is 11.6 Å². The zero-order chi connectivity index (χ0) is 33.1. The van der Waals surface area contributed by atoms with Gasteiger partial charge in [-0.3, -0.25) is 9.59 Å². The molecule has 2 unspecified atom stereocenters. The normalized spacial score (nSPS) is 34.9. The van der Waals surface area contributed by atoms with Gasteiger partial charge in [0.1, 0.15) is 24.2 Å². The number of carbonyl (C=O) groups is 3. The van der Waals surface area contributed by atoms with Crippen molar-refractivity contribution in [1.29, 1.82) is 0 Å². The maximum absolute atomic E-state index is 16.2. The Kier molecular flexibility index (Phi) is 8.37. The Morgan fingerprint density at radius 2 is 1.87 bits per heavy atom. The van der Waals surface area contributed by atoms with Gasteiger partial charge in [-0.1, -0.05) is 20.3 Å². The fraction of sp³-hybridized carbons (Fsp3) is 0.686. The first-order valence-electron chi connectivity index (χ1n) is 17.0. The first kappa shape index (κ1) is 32.2. The number of aldehydes is 1. The van der Waals surface area contributed by atoms with Crippen molar-refractivity contribution < 1.29 is 42.1 Å². The van der Waals surface area contributed by atoms with E-state index in [9.17, 15) is 14.4 Å². The molecule has 0 spiro atoms. The first-order valence-corrected chi connectivity index (χ1v) is 17.0. The summed E-state index contributed by atoms with van der Waals surface area (Å²) in [5, 5.41) is 0. The van der Waals surface area contributed by atoms with Crippen molar-refractivity contribution in [2.24, 2.45) is 35.0 Å². The number of nitrogens with zero attached hydrogens (tertiary/aromatic N) is 3. The number of ether oxygens (including phenoxy) is 4. The third-order valence-electron chi connectivity index (χ3n) is 11.5. The van der Waals surface area contributed by atoms with Gasteiger partial charge in [0.15, 0.2) is 5.69 Å². The second-order valence-corrected chi connectivity index (χ2v) is 14.5. The minimum atomic E-state index is -3.35. The van der Waals surface area contributed by atoms with Gasteiger partial charge in [0.2, 0.25) is 11.8 Å². The second kappa shape index (κ2) is 12.2. The van der Waals surface area contributed by atoms with Crippen LogP contribution in [0.3, 0.4) is 0 Å². The number of methoxy groups -OCH3 is 1. The highest BCUT2D eigenvalue weighted by Gasteiger charge is 2.56. The quantitative estimate of drug-likeness (QED) is 0.328. The molecular formula is C35H43F2N3O7. The minimum absolute atomic E-state index is 0.0276.